The Morgan fingerprint density at radius 2 is 0.744 bits per heavy atom. The lowest BCUT2D eigenvalue weighted by atomic mass is 10.0. The lowest BCUT2D eigenvalue weighted by Gasteiger charge is -2.27. The number of unbranched alkanes of at least 4 members (excludes halogenated alkanes) is 3. The summed E-state index contributed by atoms with van der Waals surface area (Å²) in [6, 6.07) is 47.5. The summed E-state index contributed by atoms with van der Waals surface area (Å²) in [5.74, 6) is -4.48. The number of H-pyrrole nitrogens is 2. The van der Waals surface area contributed by atoms with Crippen LogP contribution in [0.3, 0.4) is 0 Å². The third kappa shape index (κ3) is 15.2. The van der Waals surface area contributed by atoms with Crippen LogP contribution in [0.15, 0.2) is 140 Å². The third-order valence-electron chi connectivity index (χ3n) is 14.0. The van der Waals surface area contributed by atoms with Gasteiger partial charge in [0.25, 0.3) is 0 Å². The van der Waals surface area contributed by atoms with Crippen LogP contribution in [0.25, 0.3) is 90.9 Å². The van der Waals surface area contributed by atoms with Gasteiger partial charge in [0.2, 0.25) is 5.91 Å². The minimum absolute atomic E-state index is 0.00937. The Kier molecular flexibility index (Phi) is 19.2. The molecular weight excluding hydrogens is 1040 g/mol. The molecule has 0 aliphatic carbocycles. The van der Waals surface area contributed by atoms with Crippen molar-refractivity contribution in [3.63, 3.8) is 0 Å². The first-order valence-corrected chi connectivity index (χ1v) is 27.2. The molecule has 7 aromatic rings. The van der Waals surface area contributed by atoms with Gasteiger partial charge < -0.3 is 40.4 Å². The maximum atomic E-state index is 12.9. The molecule has 0 radical (unpaired) electrons. The number of rotatable bonds is 28. The molecule has 0 saturated heterocycles. The highest BCUT2D eigenvalue weighted by molar-refractivity contribution is 6.00. The molecule has 0 atom stereocenters. The van der Waals surface area contributed by atoms with Gasteiger partial charge in [-0.1, -0.05) is 116 Å². The van der Waals surface area contributed by atoms with Crippen molar-refractivity contribution in [3.8, 4) is 50.3 Å². The van der Waals surface area contributed by atoms with Crippen LogP contribution in [0, 0.1) is 0 Å². The standard InChI is InChI=1S/C64H64N8O10/c73-56(38-71(40-58(76)77)35-33-70(39-57(74)75)34-36-72(41-59(78)79)42-60(80)81)65-32-12-1-2-13-37-82-47-22-20-46(21-23-47)64-54-30-28-52(68-54)62(44-16-8-4-9-17-44)50-26-24-48(66-50)61(43-14-6-3-7-15-43)49-25-27-51(67-49)63(45-18-10-5-11-19-45)53-29-31-55(64)69-53/h3-11,14-31,66,69H,1-2,12-13,32-42H2,(H,65,73)(H,74,75)(H,76,77)(H,78,79)(H,80,81). The number of nitrogens with one attached hydrogen (secondary N) is 3. The highest BCUT2D eigenvalue weighted by atomic mass is 16.5. The van der Waals surface area contributed by atoms with Crippen molar-refractivity contribution in [2.24, 2.45) is 0 Å². The first-order valence-electron chi connectivity index (χ1n) is 27.2. The molecule has 18 heteroatoms. The largest absolute Gasteiger partial charge is 0.494 e. The molecule has 0 fully saturated rings. The molecule has 2 aliphatic rings. The van der Waals surface area contributed by atoms with Gasteiger partial charge in [-0.05, 0) is 95.8 Å². The molecule has 5 heterocycles. The monoisotopic (exact) mass is 1100 g/mol. The average molecular weight is 1110 g/mol. The topological polar surface area (TPSA) is 255 Å². The van der Waals surface area contributed by atoms with E-state index in [1.807, 2.05) is 66.7 Å². The predicted octanol–water partition coefficient (Wildman–Crippen LogP) is 9.62. The number of hydrogen-bond donors (Lipinski definition) is 7. The summed E-state index contributed by atoms with van der Waals surface area (Å²) < 4.78 is 6.23. The van der Waals surface area contributed by atoms with Crippen LogP contribution in [0.2, 0.25) is 0 Å². The maximum Gasteiger partial charge on any atom is 0.317 e. The van der Waals surface area contributed by atoms with E-state index in [4.69, 9.17) is 24.9 Å². The molecule has 0 unspecified atom stereocenters. The Hall–Kier alpha value is -9.49. The Bertz CT molecular complexity index is 3580. The number of carboxylic acid groups (broad SMARTS) is 4. The summed E-state index contributed by atoms with van der Waals surface area (Å²) in [5, 5.41) is 40.1. The van der Waals surface area contributed by atoms with Crippen molar-refractivity contribution in [1.29, 1.82) is 0 Å². The van der Waals surface area contributed by atoms with Gasteiger partial charge in [0.1, 0.15) is 5.75 Å². The summed E-state index contributed by atoms with van der Waals surface area (Å²) >= 11 is 0. The van der Waals surface area contributed by atoms with E-state index in [2.05, 4.69) is 112 Å². The number of aromatic nitrogens is 4. The molecule has 18 nitrogen and oxygen atoms in total. The molecular formula is C64H64N8O10. The molecule has 4 aromatic carbocycles. The van der Waals surface area contributed by atoms with Crippen molar-refractivity contribution in [1.82, 2.24) is 40.0 Å². The van der Waals surface area contributed by atoms with Crippen LogP contribution >= 0.6 is 0 Å². The third-order valence-corrected chi connectivity index (χ3v) is 14.0. The fourth-order valence-corrected chi connectivity index (χ4v) is 10.2. The number of ether oxygens (including phenoxy) is 1. The number of amides is 1. The van der Waals surface area contributed by atoms with E-state index in [1.165, 1.54) is 9.80 Å². The normalized spacial score (nSPS) is 11.8. The number of nitrogens with zero attached hydrogens (tertiary/aromatic N) is 5. The molecule has 0 spiro atoms. The van der Waals surface area contributed by atoms with E-state index < -0.39 is 50.1 Å². The fourth-order valence-electron chi connectivity index (χ4n) is 10.2. The SMILES string of the molecule is O=C(O)CN(CCN(CC(=O)O)CC(=O)O)CCN(CC(=O)O)CC(=O)NCCCCCCOc1ccc(-c2c3nc(c(-c4ccccc4)c4ccc([nH]4)c(-c4ccccc4)c4nc(c(-c5ccccc5)c5ccc2[nH]5)C=C4)C=C3)cc1. The lowest BCUT2D eigenvalue weighted by Crippen LogP contribution is -2.46. The Balaban J connectivity index is 0.879. The molecule has 420 valence electrons. The molecule has 82 heavy (non-hydrogen) atoms. The minimum atomic E-state index is -1.23. The lowest BCUT2D eigenvalue weighted by molar-refractivity contribution is -0.143. The van der Waals surface area contributed by atoms with E-state index in [0.29, 0.717) is 19.6 Å². The quantitative estimate of drug-likeness (QED) is 0.0225. The second kappa shape index (κ2) is 27.6. The zero-order valence-electron chi connectivity index (χ0n) is 45.2. The van der Waals surface area contributed by atoms with Gasteiger partial charge in [-0.25, -0.2) is 9.97 Å². The number of fused-ring (bicyclic) bond motifs is 8. The molecule has 2 aliphatic heterocycles. The zero-order valence-corrected chi connectivity index (χ0v) is 45.2. The number of aromatic amines is 2. The molecule has 9 rings (SSSR count). The van der Waals surface area contributed by atoms with E-state index >= 15 is 0 Å². The van der Waals surface area contributed by atoms with E-state index in [-0.39, 0.29) is 38.6 Å². The summed E-state index contributed by atoms with van der Waals surface area (Å²) in [7, 11) is 0. The van der Waals surface area contributed by atoms with Gasteiger partial charge in [-0.15, -0.1) is 0 Å². The number of carbonyl (C=O) groups is 5. The zero-order chi connectivity index (χ0) is 57.4. The molecule has 1 amide bonds. The van der Waals surface area contributed by atoms with Gasteiger partial charge >= 0.3 is 23.9 Å². The fraction of sp³-hybridized carbons (Fsp3) is 0.234. The number of aliphatic carboxylic acids is 4. The van der Waals surface area contributed by atoms with Crippen molar-refractivity contribution >= 4 is 76.2 Å². The Labute approximate surface area is 473 Å². The predicted molar refractivity (Wildman–Crippen MR) is 317 cm³/mol. The first-order chi connectivity index (χ1) is 39.8. The number of hydrogen-bond acceptors (Lipinski definition) is 11. The second-order valence-electron chi connectivity index (χ2n) is 20.0. The summed E-state index contributed by atoms with van der Waals surface area (Å²) in [6.07, 6.45) is 11.5. The van der Waals surface area contributed by atoms with Crippen molar-refractivity contribution in [3.05, 3.63) is 162 Å². The van der Waals surface area contributed by atoms with Gasteiger partial charge in [0.15, 0.2) is 0 Å². The van der Waals surface area contributed by atoms with Crippen LogP contribution < -0.4 is 10.1 Å². The van der Waals surface area contributed by atoms with E-state index in [0.717, 1.165) is 119 Å². The molecule has 0 saturated carbocycles. The summed E-state index contributed by atoms with van der Waals surface area (Å²) in [5.41, 5.74) is 14.8. The van der Waals surface area contributed by atoms with Gasteiger partial charge in [-0.3, -0.25) is 38.7 Å². The van der Waals surface area contributed by atoms with Crippen molar-refractivity contribution < 1.29 is 49.1 Å². The van der Waals surface area contributed by atoms with Crippen LogP contribution in [0.1, 0.15) is 48.5 Å². The van der Waals surface area contributed by atoms with Crippen LogP contribution in [-0.4, -0.2) is 157 Å². The maximum absolute atomic E-state index is 12.9. The summed E-state index contributed by atoms with van der Waals surface area (Å²) in [4.78, 5) is 81.0. The number of carboxylic acids is 4. The van der Waals surface area contributed by atoms with Crippen LogP contribution in [-0.2, 0) is 24.0 Å². The molecule has 7 N–H and O–H groups in total. The number of benzene rings is 4. The number of carbonyl (C=O) groups excluding carboxylic acids is 1. The highest BCUT2D eigenvalue weighted by Gasteiger charge is 2.22. The van der Waals surface area contributed by atoms with E-state index in [1.54, 1.807) is 0 Å². The molecule has 3 aromatic heterocycles. The minimum Gasteiger partial charge on any atom is -0.494 e. The molecule has 8 bridgehead atoms. The Morgan fingerprint density at radius 3 is 1.13 bits per heavy atom. The summed E-state index contributed by atoms with van der Waals surface area (Å²) in [6.45, 7) is -1.37. The van der Waals surface area contributed by atoms with E-state index in [9.17, 15) is 34.2 Å². The van der Waals surface area contributed by atoms with Gasteiger partial charge in [-0.2, -0.15) is 0 Å². The van der Waals surface area contributed by atoms with Gasteiger partial charge in [0.05, 0.1) is 62.1 Å². The smallest absolute Gasteiger partial charge is 0.317 e. The van der Waals surface area contributed by atoms with Crippen molar-refractivity contribution in [2.45, 2.75) is 25.7 Å². The van der Waals surface area contributed by atoms with Crippen LogP contribution in [0.5, 0.6) is 5.75 Å². The van der Waals surface area contributed by atoms with Crippen molar-refractivity contribution in [2.75, 3.05) is 72.1 Å². The average Bonchev–Trinajstić information content (AvgIpc) is 4.21. The van der Waals surface area contributed by atoms with Gasteiger partial charge in [0, 0.05) is 77.0 Å². The first kappa shape index (κ1) is 57.2. The second-order valence-corrected chi connectivity index (χ2v) is 20.0. The Morgan fingerprint density at radius 1 is 0.402 bits per heavy atom. The highest BCUT2D eigenvalue weighted by Crippen LogP contribution is 2.38. The van der Waals surface area contributed by atoms with Crippen LogP contribution in [0.4, 0.5) is 0 Å².